The Kier molecular flexibility index (Phi) is 33.6. The Morgan fingerprint density at radius 1 is 0.750 bits per heavy atom. The number of carboxylic acids is 2. The Labute approximate surface area is 379 Å². The number of nitrogens with two attached hydrogens (primary N) is 2. The van der Waals surface area contributed by atoms with E-state index in [1.54, 1.807) is 0 Å². The number of carbonyl (C=O) groups excluding carboxylic acids is 3. The van der Waals surface area contributed by atoms with Gasteiger partial charge in [-0.25, -0.2) is 0 Å². The van der Waals surface area contributed by atoms with E-state index in [1.807, 2.05) is 55.7 Å². The van der Waals surface area contributed by atoms with Gasteiger partial charge in [-0.1, -0.05) is 88.7 Å². The molecule has 1 saturated heterocycles. The number of carbonyl (C=O) groups is 6. The number of guanidine groups is 1. The van der Waals surface area contributed by atoms with Gasteiger partial charge in [0.1, 0.15) is 6.04 Å². The average molecular weight is 901 g/mol. The molecule has 2 aromatic carbocycles. The van der Waals surface area contributed by atoms with Gasteiger partial charge in [0.05, 0.1) is 19.6 Å². The third-order valence-corrected chi connectivity index (χ3v) is 9.83. The van der Waals surface area contributed by atoms with Gasteiger partial charge < -0.3 is 47.6 Å². The van der Waals surface area contributed by atoms with Crippen molar-refractivity contribution in [2.45, 2.75) is 78.8 Å². The summed E-state index contributed by atoms with van der Waals surface area (Å²) in [6.45, 7) is 16.5. The monoisotopic (exact) mass is 901 g/mol. The number of carboxylic acid groups (broad SMARTS) is 3. The van der Waals surface area contributed by atoms with Crippen molar-refractivity contribution >= 4 is 42.6 Å². The van der Waals surface area contributed by atoms with Crippen molar-refractivity contribution in [2.24, 2.45) is 16.5 Å². The molecule has 0 radical (unpaired) electrons. The molecule has 1 aliphatic heterocycles. The molecule has 0 aliphatic carbocycles. The first-order chi connectivity index (χ1) is 30.7. The van der Waals surface area contributed by atoms with Crippen molar-refractivity contribution in [3.05, 3.63) is 60.2 Å². The van der Waals surface area contributed by atoms with Crippen LogP contribution in [0.15, 0.2) is 59.6 Å². The van der Waals surface area contributed by atoms with Gasteiger partial charge >= 0.3 is 11.9 Å². The summed E-state index contributed by atoms with van der Waals surface area (Å²) in [5.41, 5.74) is 13.9. The molecule has 1 heterocycles. The second-order valence-corrected chi connectivity index (χ2v) is 14.8. The summed E-state index contributed by atoms with van der Waals surface area (Å²) in [7, 11) is 0. The van der Waals surface area contributed by atoms with Crippen molar-refractivity contribution in [2.75, 3.05) is 91.6 Å². The molecule has 2 atom stereocenters. The molecule has 10 N–H and O–H groups in total. The van der Waals surface area contributed by atoms with Crippen molar-refractivity contribution in [1.29, 1.82) is 0 Å². The lowest BCUT2D eigenvalue weighted by Crippen LogP contribution is -2.49. The molecule has 360 valence electrons. The van der Waals surface area contributed by atoms with Crippen LogP contribution in [0.3, 0.4) is 0 Å². The molecule has 3 rings (SSSR count). The van der Waals surface area contributed by atoms with E-state index in [0.29, 0.717) is 78.2 Å². The minimum Gasteiger partial charge on any atom is -0.483 e. The molecule has 1 aliphatic rings. The Morgan fingerprint density at radius 3 is 1.69 bits per heavy atom. The fraction of sp³-hybridized carbons (Fsp3) is 0.578. The zero-order chi connectivity index (χ0) is 48.1. The molecule has 64 heavy (non-hydrogen) atoms. The van der Waals surface area contributed by atoms with Gasteiger partial charge in [-0.05, 0) is 55.8 Å². The highest BCUT2D eigenvalue weighted by atomic mass is 16.4. The maximum atomic E-state index is 13.0. The van der Waals surface area contributed by atoms with Crippen LogP contribution in [0, 0.1) is 0 Å². The van der Waals surface area contributed by atoms with Crippen LogP contribution in [0.2, 0.25) is 0 Å². The third-order valence-electron chi connectivity index (χ3n) is 9.83. The van der Waals surface area contributed by atoms with E-state index in [4.69, 9.17) is 21.4 Å². The first kappa shape index (κ1) is 58.4. The van der Waals surface area contributed by atoms with Gasteiger partial charge in [0.15, 0.2) is 5.96 Å². The minimum absolute atomic E-state index is 0.0299. The van der Waals surface area contributed by atoms with Crippen molar-refractivity contribution in [3.63, 3.8) is 0 Å². The molecule has 19 nitrogen and oxygen atoms in total. The molecular formula is C45H76N10O9. The van der Waals surface area contributed by atoms with E-state index in [-0.39, 0.29) is 49.9 Å². The van der Waals surface area contributed by atoms with Gasteiger partial charge in [0.2, 0.25) is 18.2 Å². The number of aliphatic carboxylic acids is 2. The molecule has 1 fully saturated rings. The summed E-state index contributed by atoms with van der Waals surface area (Å²) < 4.78 is 0. The van der Waals surface area contributed by atoms with E-state index >= 15 is 0 Å². The molecule has 2 aromatic rings. The van der Waals surface area contributed by atoms with Gasteiger partial charge in [-0.2, -0.15) is 0 Å². The Morgan fingerprint density at radius 2 is 1.23 bits per heavy atom. The predicted molar refractivity (Wildman–Crippen MR) is 251 cm³/mol. The number of benzene rings is 2. The summed E-state index contributed by atoms with van der Waals surface area (Å²) in [6, 6.07) is 18.1. The fourth-order valence-electron chi connectivity index (χ4n) is 6.53. The number of amides is 3. The first-order valence-electron chi connectivity index (χ1n) is 22.1. The predicted octanol–water partition coefficient (Wildman–Crippen LogP) is 1.61. The molecule has 0 saturated carbocycles. The SMILES string of the molecule is CC.CCCCNC(=O)C(CCCN=C(N)N)NC=O.CCN1CCN(CC(=O)O)CCN(CC(=O)O)CCN(CC(=O)N[C@@H](C)Cc2ccc(-c3ccccc3)cc2)CC1.O=CO. The van der Waals surface area contributed by atoms with Crippen LogP contribution in [-0.2, 0) is 35.2 Å². The molecule has 19 heteroatoms. The second kappa shape index (κ2) is 36.8. The quantitative estimate of drug-likeness (QED) is 0.0383. The number of hydrogen-bond donors (Lipinski definition) is 8. The zero-order valence-corrected chi connectivity index (χ0v) is 38.6. The summed E-state index contributed by atoms with van der Waals surface area (Å²) in [4.78, 5) is 78.2. The highest BCUT2D eigenvalue weighted by Crippen LogP contribution is 2.19. The normalized spacial score (nSPS) is 14.8. The zero-order valence-electron chi connectivity index (χ0n) is 38.6. The van der Waals surface area contributed by atoms with Gasteiger partial charge in [0.25, 0.3) is 6.47 Å². The Hall–Kier alpha value is -5.63. The second-order valence-electron chi connectivity index (χ2n) is 14.8. The fourth-order valence-corrected chi connectivity index (χ4v) is 6.53. The highest BCUT2D eigenvalue weighted by Gasteiger charge is 2.21. The summed E-state index contributed by atoms with van der Waals surface area (Å²) in [5.74, 6) is -2.00. The molecule has 0 spiro atoms. The number of nitrogens with one attached hydrogen (secondary N) is 3. The van der Waals surface area contributed by atoms with Gasteiger partial charge in [-0.15, -0.1) is 0 Å². The van der Waals surface area contributed by atoms with Gasteiger partial charge in [0, 0.05) is 71.5 Å². The number of aliphatic imine (C=N–C) groups is 1. The van der Waals surface area contributed by atoms with E-state index < -0.39 is 18.0 Å². The summed E-state index contributed by atoms with van der Waals surface area (Å²) >= 11 is 0. The molecular weight excluding hydrogens is 825 g/mol. The van der Waals surface area contributed by atoms with Crippen LogP contribution >= 0.6 is 0 Å². The van der Waals surface area contributed by atoms with Crippen molar-refractivity contribution in [3.8, 4) is 11.1 Å². The number of hydrogen-bond acceptors (Lipinski definition) is 11. The number of likely N-dealkylation sites (N-methyl/N-ethyl adjacent to an activating group) is 1. The van der Waals surface area contributed by atoms with Crippen LogP contribution in [0.5, 0.6) is 0 Å². The largest absolute Gasteiger partial charge is 0.483 e. The van der Waals surface area contributed by atoms with E-state index in [9.17, 15) is 34.2 Å². The summed E-state index contributed by atoms with van der Waals surface area (Å²) in [5, 5.41) is 34.0. The van der Waals surface area contributed by atoms with E-state index in [2.05, 4.69) is 74.1 Å². The maximum Gasteiger partial charge on any atom is 0.317 e. The molecule has 3 amide bonds. The smallest absolute Gasteiger partial charge is 0.317 e. The molecule has 0 aromatic heterocycles. The van der Waals surface area contributed by atoms with Crippen LogP contribution in [0.4, 0.5) is 0 Å². The Balaban J connectivity index is 0.00000144. The number of nitrogens with zero attached hydrogens (tertiary/aromatic N) is 5. The number of rotatable bonds is 21. The first-order valence-corrected chi connectivity index (χ1v) is 22.1. The van der Waals surface area contributed by atoms with Crippen LogP contribution in [0.25, 0.3) is 11.1 Å². The van der Waals surface area contributed by atoms with E-state index in [0.717, 1.165) is 43.5 Å². The van der Waals surface area contributed by atoms with Gasteiger partial charge in [-0.3, -0.25) is 48.5 Å². The van der Waals surface area contributed by atoms with Crippen LogP contribution in [-0.4, -0.2) is 181 Å². The highest BCUT2D eigenvalue weighted by molar-refractivity contribution is 5.83. The average Bonchev–Trinajstić information content (AvgIpc) is 3.26. The molecule has 0 bridgehead atoms. The summed E-state index contributed by atoms with van der Waals surface area (Å²) in [6.07, 6.45) is 4.33. The lowest BCUT2D eigenvalue weighted by molar-refractivity contribution is -0.140. The van der Waals surface area contributed by atoms with Crippen molar-refractivity contribution in [1.82, 2.24) is 35.6 Å². The maximum absolute atomic E-state index is 13.0. The number of unbranched alkanes of at least 4 members (excludes halogenated alkanes) is 1. The third kappa shape index (κ3) is 28.9. The van der Waals surface area contributed by atoms with Crippen LogP contribution in [0.1, 0.15) is 65.9 Å². The van der Waals surface area contributed by atoms with E-state index in [1.165, 1.54) is 5.56 Å². The lowest BCUT2D eigenvalue weighted by atomic mass is 10.0. The van der Waals surface area contributed by atoms with Crippen molar-refractivity contribution < 1.29 is 44.1 Å². The standard InChI is InChI=1S/C31H45N5O5.C11H23N5O2.C2H6.CH2O2/c1-3-33-13-15-34(17-18-36(24-31(40)41)20-19-35(16-14-33)23-30(38)39)22-29(37)32-25(2)21-26-9-11-28(12-10-26)27-7-5-4-6-8-27;1-2-3-6-14-10(18)9(16-8-17)5-4-7-15-11(12)13;1-2;2-1-3/h4-12,25H,3,13-24H2,1-2H3,(H,32,37)(H,38,39)(H,40,41);8-9H,2-7H2,1H3,(H,14,18)(H,16,17)(H4,12,13,15);1-2H3;1H,(H,2,3)/t25-;;;/m0.../s1. The van der Waals surface area contributed by atoms with Crippen LogP contribution < -0.4 is 27.4 Å². The topological polar surface area (TPSA) is 277 Å². The minimum atomic E-state index is -0.922. The lowest BCUT2D eigenvalue weighted by Gasteiger charge is -2.33. The Bertz CT molecular complexity index is 1620. The molecule has 1 unspecified atom stereocenters.